The Morgan fingerprint density at radius 1 is 1.38 bits per heavy atom. The standard InChI is InChI=1S/C19H27FN2O4/c1-24-8-2-9-25-17-11-14(3-6-16(17)20)13-22(15-4-5-15)19(23)18-12-21-7-10-26-18/h3,6,11,15,18,21H,2,4-5,7-10,12-13H2,1H3/t18-/m1/s1. The second-order valence-electron chi connectivity index (χ2n) is 6.72. The zero-order valence-electron chi connectivity index (χ0n) is 15.2. The number of hydrogen-bond donors (Lipinski definition) is 1. The molecule has 1 heterocycles. The molecule has 0 spiro atoms. The van der Waals surface area contributed by atoms with Crippen LogP contribution in [0.4, 0.5) is 4.39 Å². The molecule has 1 atom stereocenters. The number of ether oxygens (including phenoxy) is 3. The molecule has 144 valence electrons. The quantitative estimate of drug-likeness (QED) is 0.675. The van der Waals surface area contributed by atoms with Crippen LogP contribution in [-0.2, 0) is 20.8 Å². The number of methoxy groups -OCH3 is 1. The summed E-state index contributed by atoms with van der Waals surface area (Å²) in [7, 11) is 1.62. The number of carbonyl (C=O) groups is 1. The van der Waals surface area contributed by atoms with Gasteiger partial charge in [0, 0.05) is 45.8 Å². The molecular weight excluding hydrogens is 339 g/mol. The van der Waals surface area contributed by atoms with Crippen LogP contribution in [-0.4, -0.2) is 63.0 Å². The molecule has 1 aliphatic heterocycles. The van der Waals surface area contributed by atoms with Crippen LogP contribution in [0.2, 0.25) is 0 Å². The van der Waals surface area contributed by atoms with Gasteiger partial charge in [0.2, 0.25) is 0 Å². The maximum absolute atomic E-state index is 14.0. The van der Waals surface area contributed by atoms with E-state index in [9.17, 15) is 9.18 Å². The van der Waals surface area contributed by atoms with Gasteiger partial charge in [-0.25, -0.2) is 4.39 Å². The number of morpholine rings is 1. The van der Waals surface area contributed by atoms with E-state index in [1.807, 2.05) is 4.90 Å². The summed E-state index contributed by atoms with van der Waals surface area (Å²) in [5.74, 6) is -0.167. The van der Waals surface area contributed by atoms with Crippen molar-refractivity contribution in [1.29, 1.82) is 0 Å². The molecule has 1 aromatic rings. The van der Waals surface area contributed by atoms with E-state index >= 15 is 0 Å². The van der Waals surface area contributed by atoms with Gasteiger partial charge < -0.3 is 24.4 Å². The average Bonchev–Trinajstić information content (AvgIpc) is 3.50. The first-order chi connectivity index (χ1) is 12.7. The van der Waals surface area contributed by atoms with Gasteiger partial charge in [-0.1, -0.05) is 6.07 Å². The first kappa shape index (κ1) is 19.1. The zero-order valence-corrected chi connectivity index (χ0v) is 15.2. The molecule has 1 aliphatic carbocycles. The summed E-state index contributed by atoms with van der Waals surface area (Å²) < 4.78 is 30.1. The molecule has 0 radical (unpaired) electrons. The third-order valence-electron chi connectivity index (χ3n) is 4.57. The summed E-state index contributed by atoms with van der Waals surface area (Å²) in [6, 6.07) is 5.05. The number of hydrogen-bond acceptors (Lipinski definition) is 5. The van der Waals surface area contributed by atoms with E-state index in [2.05, 4.69) is 5.32 Å². The van der Waals surface area contributed by atoms with Crippen molar-refractivity contribution < 1.29 is 23.4 Å². The molecule has 2 fully saturated rings. The van der Waals surface area contributed by atoms with Crippen LogP contribution < -0.4 is 10.1 Å². The minimum Gasteiger partial charge on any atom is -0.490 e. The minimum absolute atomic E-state index is 0.00610. The van der Waals surface area contributed by atoms with Gasteiger partial charge in [-0.2, -0.15) is 0 Å². The molecule has 1 N–H and O–H groups in total. The molecule has 0 aromatic heterocycles. The molecule has 3 rings (SSSR count). The number of amides is 1. The van der Waals surface area contributed by atoms with Gasteiger partial charge in [-0.15, -0.1) is 0 Å². The molecule has 1 aromatic carbocycles. The molecule has 6 nitrogen and oxygen atoms in total. The van der Waals surface area contributed by atoms with Crippen molar-refractivity contribution in [3.05, 3.63) is 29.6 Å². The predicted molar refractivity (Wildman–Crippen MR) is 94.6 cm³/mol. The zero-order chi connectivity index (χ0) is 18.4. The van der Waals surface area contributed by atoms with Crippen LogP contribution in [0.5, 0.6) is 5.75 Å². The molecule has 1 saturated heterocycles. The van der Waals surface area contributed by atoms with Gasteiger partial charge in [0.1, 0.15) is 6.10 Å². The average molecular weight is 366 g/mol. The molecule has 26 heavy (non-hydrogen) atoms. The number of nitrogens with zero attached hydrogens (tertiary/aromatic N) is 1. The number of rotatable bonds is 9. The fraction of sp³-hybridized carbons (Fsp3) is 0.632. The fourth-order valence-corrected chi connectivity index (χ4v) is 3.02. The first-order valence-electron chi connectivity index (χ1n) is 9.22. The van der Waals surface area contributed by atoms with Crippen LogP contribution >= 0.6 is 0 Å². The van der Waals surface area contributed by atoms with Crippen LogP contribution in [0.25, 0.3) is 0 Å². The molecular formula is C19H27FN2O4. The summed E-state index contributed by atoms with van der Waals surface area (Å²) in [5, 5.41) is 3.19. The van der Waals surface area contributed by atoms with E-state index in [1.54, 1.807) is 19.2 Å². The summed E-state index contributed by atoms with van der Waals surface area (Å²) >= 11 is 0. The number of carbonyl (C=O) groups excluding carboxylic acids is 1. The van der Waals surface area contributed by atoms with Crippen LogP contribution in [0, 0.1) is 5.82 Å². The molecule has 0 bridgehead atoms. The predicted octanol–water partition coefficient (Wildman–Crippen LogP) is 1.72. The van der Waals surface area contributed by atoms with Crippen molar-refractivity contribution >= 4 is 5.91 Å². The molecule has 7 heteroatoms. The summed E-state index contributed by atoms with van der Waals surface area (Å²) in [5.41, 5.74) is 0.858. The lowest BCUT2D eigenvalue weighted by molar-refractivity contribution is -0.146. The van der Waals surface area contributed by atoms with Crippen LogP contribution in [0.1, 0.15) is 24.8 Å². The number of halogens is 1. The van der Waals surface area contributed by atoms with Gasteiger partial charge in [0.05, 0.1) is 13.2 Å². The third-order valence-corrected chi connectivity index (χ3v) is 4.57. The SMILES string of the molecule is COCCCOc1cc(CN(C(=O)[C@H]2CNCCO2)C2CC2)ccc1F. The highest BCUT2D eigenvalue weighted by Gasteiger charge is 2.36. The van der Waals surface area contributed by atoms with Crippen LogP contribution in [0.15, 0.2) is 18.2 Å². The lowest BCUT2D eigenvalue weighted by Crippen LogP contribution is -2.49. The van der Waals surface area contributed by atoms with Crippen molar-refractivity contribution in [3.8, 4) is 5.75 Å². The van der Waals surface area contributed by atoms with Crippen LogP contribution in [0.3, 0.4) is 0 Å². The number of benzene rings is 1. The fourth-order valence-electron chi connectivity index (χ4n) is 3.02. The molecule has 2 aliphatic rings. The van der Waals surface area contributed by atoms with Crippen molar-refractivity contribution in [1.82, 2.24) is 10.2 Å². The van der Waals surface area contributed by atoms with Crippen molar-refractivity contribution in [2.75, 3.05) is 40.0 Å². The number of nitrogens with one attached hydrogen (secondary N) is 1. The lowest BCUT2D eigenvalue weighted by atomic mass is 10.1. The minimum atomic E-state index is -0.436. The van der Waals surface area contributed by atoms with Crippen molar-refractivity contribution in [2.45, 2.75) is 38.0 Å². The van der Waals surface area contributed by atoms with E-state index in [0.717, 1.165) is 24.9 Å². The highest BCUT2D eigenvalue weighted by Crippen LogP contribution is 2.30. The van der Waals surface area contributed by atoms with E-state index in [4.69, 9.17) is 14.2 Å². The topological polar surface area (TPSA) is 60.0 Å². The van der Waals surface area contributed by atoms with Gasteiger partial charge in [-0.3, -0.25) is 4.79 Å². The van der Waals surface area contributed by atoms with Gasteiger partial charge >= 0.3 is 0 Å². The monoisotopic (exact) mass is 366 g/mol. The largest absolute Gasteiger partial charge is 0.490 e. The van der Waals surface area contributed by atoms with Crippen molar-refractivity contribution in [3.63, 3.8) is 0 Å². The Hall–Kier alpha value is -1.70. The summed E-state index contributed by atoms with van der Waals surface area (Å²) in [6.07, 6.45) is 2.27. The Labute approximate surface area is 153 Å². The van der Waals surface area contributed by atoms with Gasteiger partial charge in [-0.05, 0) is 30.5 Å². The molecule has 1 amide bonds. The highest BCUT2D eigenvalue weighted by atomic mass is 19.1. The van der Waals surface area contributed by atoms with E-state index < -0.39 is 11.9 Å². The Bertz CT molecular complexity index is 603. The molecule has 0 unspecified atom stereocenters. The van der Waals surface area contributed by atoms with Gasteiger partial charge in [0.25, 0.3) is 5.91 Å². The summed E-state index contributed by atoms with van der Waals surface area (Å²) in [6.45, 7) is 3.26. The highest BCUT2D eigenvalue weighted by molar-refractivity contribution is 5.82. The van der Waals surface area contributed by atoms with E-state index in [1.165, 1.54) is 6.07 Å². The lowest BCUT2D eigenvalue weighted by Gasteiger charge is -2.30. The molecule has 1 saturated carbocycles. The Kier molecular flexibility index (Phi) is 6.82. The normalized spacial score (nSPS) is 20.0. The summed E-state index contributed by atoms with van der Waals surface area (Å²) in [4.78, 5) is 14.7. The maximum Gasteiger partial charge on any atom is 0.253 e. The van der Waals surface area contributed by atoms with Crippen molar-refractivity contribution in [2.24, 2.45) is 0 Å². The second kappa shape index (κ2) is 9.30. The second-order valence-corrected chi connectivity index (χ2v) is 6.72. The van der Waals surface area contributed by atoms with Gasteiger partial charge in [0.15, 0.2) is 11.6 Å². The third kappa shape index (κ3) is 5.16. The maximum atomic E-state index is 14.0. The Balaban J connectivity index is 1.64. The van der Waals surface area contributed by atoms with E-state index in [-0.39, 0.29) is 17.7 Å². The van der Waals surface area contributed by atoms with E-state index in [0.29, 0.717) is 39.3 Å². The first-order valence-corrected chi connectivity index (χ1v) is 9.22. The smallest absolute Gasteiger partial charge is 0.253 e. The Morgan fingerprint density at radius 3 is 2.92 bits per heavy atom. The Morgan fingerprint density at radius 2 is 2.23 bits per heavy atom.